The maximum atomic E-state index is 12.2. The molecule has 0 unspecified atom stereocenters. The summed E-state index contributed by atoms with van der Waals surface area (Å²) in [4.78, 5) is 25.6. The summed E-state index contributed by atoms with van der Waals surface area (Å²) in [6.07, 6.45) is 5.22. The highest BCUT2D eigenvalue weighted by atomic mass is 79.9. The van der Waals surface area contributed by atoms with Crippen molar-refractivity contribution in [2.75, 3.05) is 7.11 Å². The van der Waals surface area contributed by atoms with E-state index in [4.69, 9.17) is 4.74 Å². The molecule has 8 heteroatoms. The number of rotatable bonds is 3. The number of nitrogens with one attached hydrogen (secondary N) is 1. The Kier molecular flexibility index (Phi) is 3.27. The summed E-state index contributed by atoms with van der Waals surface area (Å²) in [5.74, 6) is -0.226. The lowest BCUT2D eigenvalue weighted by atomic mass is 10.1. The van der Waals surface area contributed by atoms with Gasteiger partial charge in [-0.3, -0.25) is 14.9 Å². The fraction of sp³-hybridized carbons (Fsp3) is 0.0625. The predicted molar refractivity (Wildman–Crippen MR) is 90.5 cm³/mol. The quantitative estimate of drug-likeness (QED) is 0.697. The van der Waals surface area contributed by atoms with E-state index in [0.29, 0.717) is 16.9 Å². The van der Waals surface area contributed by atoms with Crippen LogP contribution in [0.2, 0.25) is 0 Å². The number of aromatic nitrogens is 3. The summed E-state index contributed by atoms with van der Waals surface area (Å²) in [7, 11) is 1.58. The zero-order valence-corrected chi connectivity index (χ0v) is 14.1. The van der Waals surface area contributed by atoms with Crippen LogP contribution in [-0.2, 0) is 9.59 Å². The van der Waals surface area contributed by atoms with Crippen molar-refractivity contribution >= 4 is 44.2 Å². The van der Waals surface area contributed by atoms with Crippen molar-refractivity contribution in [3.63, 3.8) is 0 Å². The summed E-state index contributed by atoms with van der Waals surface area (Å²) in [6.45, 7) is 0. The molecule has 2 amide bonds. The highest BCUT2D eigenvalue weighted by Crippen LogP contribution is 2.35. The average Bonchev–Trinajstić information content (AvgIpc) is 3.27. The number of benzene rings is 1. The first kappa shape index (κ1) is 14.7. The molecule has 0 saturated heterocycles. The van der Waals surface area contributed by atoms with Crippen LogP contribution in [0.1, 0.15) is 5.56 Å². The standard InChI is InChI=1S/C16H11BrN4O3/c1-24-9-3-4-12-10(7-9)11(8-20(12)21-6-2-5-18-21)13-14(17)16(23)19-15(13)22/h2-8H,1H3,(H,19,22,23). The Morgan fingerprint density at radius 3 is 2.71 bits per heavy atom. The Bertz CT molecular complexity index is 1020. The second kappa shape index (κ2) is 5.34. The molecule has 0 spiro atoms. The molecule has 4 rings (SSSR count). The van der Waals surface area contributed by atoms with Gasteiger partial charge in [0.25, 0.3) is 11.8 Å². The highest BCUT2D eigenvalue weighted by Gasteiger charge is 2.32. The largest absolute Gasteiger partial charge is 0.497 e. The Morgan fingerprint density at radius 1 is 1.25 bits per heavy atom. The van der Waals surface area contributed by atoms with Crippen molar-refractivity contribution in [3.05, 3.63) is 52.9 Å². The number of imide groups is 1. The summed E-state index contributed by atoms with van der Waals surface area (Å²) in [5, 5.41) is 7.30. The van der Waals surface area contributed by atoms with E-state index in [-0.39, 0.29) is 4.48 Å². The lowest BCUT2D eigenvalue weighted by Crippen LogP contribution is -2.22. The van der Waals surface area contributed by atoms with Gasteiger partial charge < -0.3 is 4.74 Å². The average molecular weight is 387 g/mol. The molecule has 1 N–H and O–H groups in total. The number of carbonyl (C=O) groups excluding carboxylic acids is 2. The number of fused-ring (bicyclic) bond motifs is 1. The number of hydrogen-bond acceptors (Lipinski definition) is 4. The highest BCUT2D eigenvalue weighted by molar-refractivity contribution is 9.12. The minimum Gasteiger partial charge on any atom is -0.497 e. The molecule has 1 aromatic carbocycles. The number of nitrogens with zero attached hydrogens (tertiary/aromatic N) is 3. The van der Waals surface area contributed by atoms with Gasteiger partial charge >= 0.3 is 0 Å². The molecular weight excluding hydrogens is 376 g/mol. The summed E-state index contributed by atoms with van der Waals surface area (Å²) in [6, 6.07) is 7.34. The molecule has 0 saturated carbocycles. The summed E-state index contributed by atoms with van der Waals surface area (Å²) in [5.41, 5.74) is 1.74. The lowest BCUT2D eigenvalue weighted by Gasteiger charge is -2.05. The molecule has 0 atom stereocenters. The van der Waals surface area contributed by atoms with Crippen LogP contribution in [0.25, 0.3) is 16.5 Å². The van der Waals surface area contributed by atoms with Crippen molar-refractivity contribution in [3.8, 4) is 5.75 Å². The van der Waals surface area contributed by atoms with E-state index >= 15 is 0 Å². The zero-order chi connectivity index (χ0) is 16.8. The second-order valence-corrected chi connectivity index (χ2v) is 5.96. The first-order valence-corrected chi connectivity index (χ1v) is 7.84. The number of methoxy groups -OCH3 is 1. The molecule has 120 valence electrons. The van der Waals surface area contributed by atoms with Gasteiger partial charge in [0.15, 0.2) is 0 Å². The van der Waals surface area contributed by atoms with Gasteiger partial charge in [-0.05, 0) is 40.2 Å². The van der Waals surface area contributed by atoms with Crippen molar-refractivity contribution < 1.29 is 14.3 Å². The van der Waals surface area contributed by atoms with Gasteiger partial charge in [-0.25, -0.2) is 4.68 Å². The van der Waals surface area contributed by atoms with Crippen LogP contribution in [0.3, 0.4) is 0 Å². The van der Waals surface area contributed by atoms with E-state index < -0.39 is 11.8 Å². The van der Waals surface area contributed by atoms with Crippen LogP contribution in [0, 0.1) is 0 Å². The van der Waals surface area contributed by atoms with Gasteiger partial charge in [0.1, 0.15) is 5.75 Å². The Labute approximate surface area is 144 Å². The normalized spacial score (nSPS) is 14.6. The Hall–Kier alpha value is -2.87. The lowest BCUT2D eigenvalue weighted by molar-refractivity contribution is -0.123. The molecule has 7 nitrogen and oxygen atoms in total. The fourth-order valence-corrected chi connectivity index (χ4v) is 3.24. The van der Waals surface area contributed by atoms with Gasteiger partial charge in [0, 0.05) is 23.3 Å². The van der Waals surface area contributed by atoms with Crippen LogP contribution in [-0.4, -0.2) is 33.5 Å². The first-order chi connectivity index (χ1) is 11.6. The van der Waals surface area contributed by atoms with E-state index in [0.717, 1.165) is 10.9 Å². The van der Waals surface area contributed by atoms with E-state index in [1.807, 2.05) is 18.2 Å². The molecule has 3 aromatic rings. The molecule has 2 aromatic heterocycles. The van der Waals surface area contributed by atoms with E-state index in [1.165, 1.54) is 0 Å². The Morgan fingerprint density at radius 2 is 2.08 bits per heavy atom. The van der Waals surface area contributed by atoms with Crippen molar-refractivity contribution in [1.29, 1.82) is 0 Å². The van der Waals surface area contributed by atoms with Gasteiger partial charge in [-0.1, -0.05) is 0 Å². The van der Waals surface area contributed by atoms with Gasteiger partial charge in [0.2, 0.25) is 0 Å². The molecule has 0 aliphatic carbocycles. The summed E-state index contributed by atoms with van der Waals surface area (Å²) < 4.78 is 7.30. The first-order valence-electron chi connectivity index (χ1n) is 7.05. The minimum atomic E-state index is -0.446. The third-order valence-electron chi connectivity index (χ3n) is 3.85. The topological polar surface area (TPSA) is 78.1 Å². The molecule has 0 fully saturated rings. The van der Waals surface area contributed by atoms with Crippen molar-refractivity contribution in [2.45, 2.75) is 0 Å². The van der Waals surface area contributed by atoms with Gasteiger partial charge in [-0.2, -0.15) is 9.89 Å². The van der Waals surface area contributed by atoms with Crippen molar-refractivity contribution in [1.82, 2.24) is 19.9 Å². The number of carbonyl (C=O) groups is 2. The monoisotopic (exact) mass is 386 g/mol. The number of halogens is 1. The molecular formula is C16H11BrN4O3. The molecule has 24 heavy (non-hydrogen) atoms. The molecule has 1 aliphatic rings. The van der Waals surface area contributed by atoms with E-state index in [2.05, 4.69) is 26.3 Å². The SMILES string of the molecule is COc1ccc2c(c1)c(C1=C(Br)C(=O)NC1=O)cn2-n1cccn1. The molecule has 0 radical (unpaired) electrons. The number of amides is 2. The Balaban J connectivity index is 2.05. The third kappa shape index (κ3) is 2.07. The van der Waals surface area contributed by atoms with Gasteiger partial charge in [-0.15, -0.1) is 0 Å². The number of hydrogen-bond donors (Lipinski definition) is 1. The molecule has 1 aliphatic heterocycles. The van der Waals surface area contributed by atoms with E-state index in [9.17, 15) is 9.59 Å². The van der Waals surface area contributed by atoms with Crippen LogP contribution >= 0.6 is 15.9 Å². The van der Waals surface area contributed by atoms with Crippen LogP contribution in [0.15, 0.2) is 47.3 Å². The van der Waals surface area contributed by atoms with Gasteiger partial charge in [0.05, 0.1) is 28.9 Å². The van der Waals surface area contributed by atoms with Crippen molar-refractivity contribution in [2.24, 2.45) is 0 Å². The third-order valence-corrected chi connectivity index (χ3v) is 4.60. The fourth-order valence-electron chi connectivity index (χ4n) is 2.75. The number of ether oxygens (including phenoxy) is 1. The summed E-state index contributed by atoms with van der Waals surface area (Å²) >= 11 is 3.21. The second-order valence-electron chi connectivity index (χ2n) is 5.17. The maximum Gasteiger partial charge on any atom is 0.265 e. The van der Waals surface area contributed by atoms with Crippen LogP contribution < -0.4 is 10.1 Å². The van der Waals surface area contributed by atoms with E-state index in [1.54, 1.807) is 41.2 Å². The maximum absolute atomic E-state index is 12.2. The zero-order valence-electron chi connectivity index (χ0n) is 12.5. The van der Waals surface area contributed by atoms with Crippen LogP contribution in [0.4, 0.5) is 0 Å². The smallest absolute Gasteiger partial charge is 0.265 e. The predicted octanol–water partition coefficient (Wildman–Crippen LogP) is 1.92. The molecule has 3 heterocycles. The minimum absolute atomic E-state index is 0.217. The van der Waals surface area contributed by atoms with Crippen LogP contribution in [0.5, 0.6) is 5.75 Å². The molecule has 0 bridgehead atoms.